The second-order valence-corrected chi connectivity index (χ2v) is 5.43. The first-order valence-corrected chi connectivity index (χ1v) is 8.22. The normalized spacial score (nSPS) is 11.3. The lowest BCUT2D eigenvalue weighted by Gasteiger charge is -2.06. The fourth-order valence-corrected chi connectivity index (χ4v) is 2.62. The summed E-state index contributed by atoms with van der Waals surface area (Å²) in [5.74, 6) is 0. The van der Waals surface area contributed by atoms with Gasteiger partial charge >= 0.3 is 0 Å². The molecule has 0 unspecified atom stereocenters. The molecule has 0 amide bonds. The molecular weight excluding hydrogens is 260 g/mol. The molecule has 0 aliphatic rings. The minimum atomic E-state index is 0.797. The number of para-hydroxylation sites is 1. The van der Waals surface area contributed by atoms with Crippen LogP contribution in [0.4, 0.5) is 0 Å². The molecule has 0 bridgehead atoms. The Balaban J connectivity index is 2.01. The quantitative estimate of drug-likeness (QED) is 0.676. The summed E-state index contributed by atoms with van der Waals surface area (Å²) in [7, 11) is 0. The summed E-state index contributed by atoms with van der Waals surface area (Å²) in [6, 6.07) is 8.68. The van der Waals surface area contributed by atoms with Crippen LogP contribution in [0.25, 0.3) is 10.9 Å². The SMILES string of the molecule is CCCCOCCn1cc(CCNCC)c2ccccc21. The van der Waals surface area contributed by atoms with Gasteiger partial charge in [-0.15, -0.1) is 0 Å². The predicted molar refractivity (Wildman–Crippen MR) is 89.9 cm³/mol. The molecule has 0 aliphatic carbocycles. The zero-order valence-corrected chi connectivity index (χ0v) is 13.4. The number of fused-ring (bicyclic) bond motifs is 1. The lowest BCUT2D eigenvalue weighted by atomic mass is 10.1. The molecule has 1 aromatic carbocycles. The molecule has 1 heterocycles. The first kappa shape index (κ1) is 16.1. The molecule has 0 aliphatic heterocycles. The van der Waals surface area contributed by atoms with E-state index >= 15 is 0 Å². The van der Waals surface area contributed by atoms with Crippen molar-refractivity contribution in [3.8, 4) is 0 Å². The predicted octanol–water partition coefficient (Wildman–Crippen LogP) is 3.61. The molecule has 1 N–H and O–H groups in total. The average Bonchev–Trinajstić information content (AvgIpc) is 2.86. The molecule has 0 atom stereocenters. The van der Waals surface area contributed by atoms with E-state index in [1.165, 1.54) is 22.9 Å². The molecule has 0 saturated heterocycles. The van der Waals surface area contributed by atoms with E-state index in [4.69, 9.17) is 4.74 Å². The van der Waals surface area contributed by atoms with Gasteiger partial charge in [-0.3, -0.25) is 0 Å². The molecule has 1 aromatic heterocycles. The van der Waals surface area contributed by atoms with Crippen molar-refractivity contribution >= 4 is 10.9 Å². The Morgan fingerprint density at radius 1 is 1.14 bits per heavy atom. The highest BCUT2D eigenvalue weighted by molar-refractivity contribution is 5.84. The molecule has 2 rings (SSSR count). The summed E-state index contributed by atoms with van der Waals surface area (Å²) in [4.78, 5) is 0. The fraction of sp³-hybridized carbons (Fsp3) is 0.556. The first-order valence-electron chi connectivity index (χ1n) is 8.22. The Bertz CT molecular complexity index is 533. The number of likely N-dealkylation sites (N-methyl/N-ethyl adjacent to an activating group) is 1. The van der Waals surface area contributed by atoms with Crippen molar-refractivity contribution in [2.45, 2.75) is 39.7 Å². The third-order valence-electron chi connectivity index (χ3n) is 3.81. The smallest absolute Gasteiger partial charge is 0.0645 e. The average molecular weight is 288 g/mol. The minimum absolute atomic E-state index is 0.797. The van der Waals surface area contributed by atoms with Crippen molar-refractivity contribution in [1.29, 1.82) is 0 Å². The van der Waals surface area contributed by atoms with E-state index in [-0.39, 0.29) is 0 Å². The molecule has 0 radical (unpaired) electrons. The monoisotopic (exact) mass is 288 g/mol. The van der Waals surface area contributed by atoms with Gasteiger partial charge in [-0.05, 0) is 37.6 Å². The summed E-state index contributed by atoms with van der Waals surface area (Å²) in [5, 5.41) is 4.78. The number of hydrogen-bond acceptors (Lipinski definition) is 2. The highest BCUT2D eigenvalue weighted by Gasteiger charge is 2.07. The first-order chi connectivity index (χ1) is 10.4. The summed E-state index contributed by atoms with van der Waals surface area (Å²) in [5.41, 5.74) is 2.75. The molecule has 116 valence electrons. The largest absolute Gasteiger partial charge is 0.380 e. The second kappa shape index (κ2) is 8.85. The molecule has 2 aromatic rings. The van der Waals surface area contributed by atoms with Crippen molar-refractivity contribution in [2.75, 3.05) is 26.3 Å². The lowest BCUT2D eigenvalue weighted by molar-refractivity contribution is 0.124. The Kier molecular flexibility index (Phi) is 6.77. The van der Waals surface area contributed by atoms with E-state index in [0.29, 0.717) is 0 Å². The summed E-state index contributed by atoms with van der Waals surface area (Å²) < 4.78 is 8.04. The molecule has 3 heteroatoms. The second-order valence-electron chi connectivity index (χ2n) is 5.43. The van der Waals surface area contributed by atoms with E-state index in [1.807, 2.05) is 0 Å². The Labute approximate surface area is 128 Å². The lowest BCUT2D eigenvalue weighted by Crippen LogP contribution is -2.15. The topological polar surface area (TPSA) is 26.2 Å². The fourth-order valence-electron chi connectivity index (χ4n) is 2.62. The number of nitrogens with one attached hydrogen (secondary N) is 1. The number of benzene rings is 1. The van der Waals surface area contributed by atoms with Gasteiger partial charge in [-0.25, -0.2) is 0 Å². The van der Waals surface area contributed by atoms with Gasteiger partial charge in [0.25, 0.3) is 0 Å². The number of hydrogen-bond donors (Lipinski definition) is 1. The highest BCUT2D eigenvalue weighted by atomic mass is 16.5. The molecule has 21 heavy (non-hydrogen) atoms. The zero-order valence-electron chi connectivity index (χ0n) is 13.4. The van der Waals surface area contributed by atoms with Crippen LogP contribution >= 0.6 is 0 Å². The number of ether oxygens (including phenoxy) is 1. The molecule has 0 spiro atoms. The van der Waals surface area contributed by atoms with Gasteiger partial charge < -0.3 is 14.6 Å². The Morgan fingerprint density at radius 3 is 2.81 bits per heavy atom. The van der Waals surface area contributed by atoms with Crippen molar-refractivity contribution in [2.24, 2.45) is 0 Å². The van der Waals surface area contributed by atoms with Crippen molar-refractivity contribution in [1.82, 2.24) is 9.88 Å². The van der Waals surface area contributed by atoms with Gasteiger partial charge in [0.05, 0.1) is 6.61 Å². The maximum absolute atomic E-state index is 5.70. The Hall–Kier alpha value is -1.32. The van der Waals surface area contributed by atoms with Crippen LogP contribution in [-0.2, 0) is 17.7 Å². The third kappa shape index (κ3) is 4.58. The van der Waals surface area contributed by atoms with Crippen LogP contribution in [0.3, 0.4) is 0 Å². The molecule has 0 fully saturated rings. The van der Waals surface area contributed by atoms with Crippen LogP contribution in [0.2, 0.25) is 0 Å². The van der Waals surface area contributed by atoms with Crippen LogP contribution in [0.15, 0.2) is 30.5 Å². The summed E-state index contributed by atoms with van der Waals surface area (Å²) in [6.07, 6.45) is 5.73. The molecule has 0 saturated carbocycles. The number of unbranched alkanes of at least 4 members (excludes halogenated alkanes) is 1. The van der Waals surface area contributed by atoms with Crippen LogP contribution < -0.4 is 5.32 Å². The number of rotatable bonds is 10. The van der Waals surface area contributed by atoms with E-state index in [0.717, 1.165) is 45.7 Å². The Morgan fingerprint density at radius 2 is 2.00 bits per heavy atom. The van der Waals surface area contributed by atoms with Crippen LogP contribution in [-0.4, -0.2) is 30.9 Å². The summed E-state index contributed by atoms with van der Waals surface area (Å²) >= 11 is 0. The van der Waals surface area contributed by atoms with Gasteiger partial charge in [-0.2, -0.15) is 0 Å². The van der Waals surface area contributed by atoms with Crippen molar-refractivity contribution < 1.29 is 4.74 Å². The van der Waals surface area contributed by atoms with E-state index in [9.17, 15) is 0 Å². The van der Waals surface area contributed by atoms with Crippen LogP contribution in [0.1, 0.15) is 32.3 Å². The standard InChI is InChI=1S/C18H28N2O/c1-3-5-13-21-14-12-20-15-16(10-11-19-4-2)17-8-6-7-9-18(17)20/h6-9,15,19H,3-5,10-14H2,1-2H3. The minimum Gasteiger partial charge on any atom is -0.380 e. The van der Waals surface area contributed by atoms with Crippen LogP contribution in [0.5, 0.6) is 0 Å². The van der Waals surface area contributed by atoms with Gasteiger partial charge in [-0.1, -0.05) is 38.5 Å². The van der Waals surface area contributed by atoms with Crippen molar-refractivity contribution in [3.63, 3.8) is 0 Å². The van der Waals surface area contributed by atoms with Crippen molar-refractivity contribution in [3.05, 3.63) is 36.0 Å². The maximum atomic E-state index is 5.70. The third-order valence-corrected chi connectivity index (χ3v) is 3.81. The highest BCUT2D eigenvalue weighted by Crippen LogP contribution is 2.21. The molecular formula is C18H28N2O. The van der Waals surface area contributed by atoms with Crippen LogP contribution in [0, 0.1) is 0 Å². The maximum Gasteiger partial charge on any atom is 0.0645 e. The van der Waals surface area contributed by atoms with Gasteiger partial charge in [0, 0.05) is 30.3 Å². The summed E-state index contributed by atoms with van der Waals surface area (Å²) in [6.45, 7) is 9.03. The van der Waals surface area contributed by atoms with Gasteiger partial charge in [0.1, 0.15) is 0 Å². The van der Waals surface area contributed by atoms with E-state index in [1.54, 1.807) is 0 Å². The van der Waals surface area contributed by atoms with Gasteiger partial charge in [0.2, 0.25) is 0 Å². The van der Waals surface area contributed by atoms with Gasteiger partial charge in [0.15, 0.2) is 0 Å². The van der Waals surface area contributed by atoms with E-state index in [2.05, 4.69) is 54.2 Å². The number of aromatic nitrogens is 1. The molecule has 3 nitrogen and oxygen atoms in total. The number of nitrogens with zero attached hydrogens (tertiary/aromatic N) is 1. The van der Waals surface area contributed by atoms with E-state index < -0.39 is 0 Å². The zero-order chi connectivity index (χ0) is 14.9.